The van der Waals surface area contributed by atoms with Gasteiger partial charge in [-0.15, -0.1) is 11.8 Å². The van der Waals surface area contributed by atoms with Gasteiger partial charge >= 0.3 is 0 Å². The molecule has 0 saturated carbocycles. The smallest absolute Gasteiger partial charge is 0.255 e. The van der Waals surface area contributed by atoms with E-state index in [4.69, 9.17) is 18.9 Å². The summed E-state index contributed by atoms with van der Waals surface area (Å²) in [6.45, 7) is 6.68. The van der Waals surface area contributed by atoms with Crippen molar-refractivity contribution < 1.29 is 28.5 Å². The fourth-order valence-corrected chi connectivity index (χ4v) is 5.92. The van der Waals surface area contributed by atoms with Gasteiger partial charge in [0.2, 0.25) is 11.7 Å². The first-order valence-corrected chi connectivity index (χ1v) is 13.4. The van der Waals surface area contributed by atoms with E-state index in [1.54, 1.807) is 28.8 Å². The molecule has 1 aromatic carbocycles. The van der Waals surface area contributed by atoms with Crippen LogP contribution < -0.4 is 19.5 Å². The maximum absolute atomic E-state index is 13.8. The summed E-state index contributed by atoms with van der Waals surface area (Å²) in [6.07, 6.45) is 4.06. The number of rotatable bonds is 12. The molecule has 0 radical (unpaired) electrons. The second kappa shape index (κ2) is 13.8. The molecule has 1 aromatic rings. The van der Waals surface area contributed by atoms with Crippen molar-refractivity contribution in [1.29, 1.82) is 0 Å². The Kier molecular flexibility index (Phi) is 10.8. The van der Waals surface area contributed by atoms with E-state index in [1.165, 1.54) is 21.3 Å². The molecule has 2 heterocycles. The Bertz CT molecular complexity index is 823. The van der Waals surface area contributed by atoms with Crippen LogP contribution in [-0.2, 0) is 9.53 Å². The molecular weight excluding hydrogens is 470 g/mol. The van der Waals surface area contributed by atoms with Gasteiger partial charge in [-0.2, -0.15) is 0 Å². The number of morpholine rings is 1. The van der Waals surface area contributed by atoms with Gasteiger partial charge in [0, 0.05) is 37.5 Å². The van der Waals surface area contributed by atoms with Crippen molar-refractivity contribution in [3.05, 3.63) is 17.7 Å². The molecule has 2 saturated heterocycles. The van der Waals surface area contributed by atoms with Crippen molar-refractivity contribution in [2.75, 3.05) is 66.5 Å². The van der Waals surface area contributed by atoms with Gasteiger partial charge in [-0.1, -0.05) is 26.2 Å². The molecule has 2 unspecified atom stereocenters. The SMILES string of the molecule is CCCCCC1SCC(C(=O)NCCN2CCOCC2)N1C(=O)c1cc(OC)c(OC)c(OC)c1. The number of benzene rings is 1. The van der Waals surface area contributed by atoms with Crippen LogP contribution in [-0.4, -0.2) is 99.5 Å². The maximum Gasteiger partial charge on any atom is 0.255 e. The molecule has 2 fully saturated rings. The maximum atomic E-state index is 13.8. The van der Waals surface area contributed by atoms with E-state index >= 15 is 0 Å². The zero-order chi connectivity index (χ0) is 25.2. The molecule has 10 heteroatoms. The largest absolute Gasteiger partial charge is 0.493 e. The van der Waals surface area contributed by atoms with Crippen LogP contribution in [0.4, 0.5) is 0 Å². The van der Waals surface area contributed by atoms with Gasteiger partial charge in [0.1, 0.15) is 6.04 Å². The Labute approximate surface area is 212 Å². The molecule has 0 aliphatic carbocycles. The first kappa shape index (κ1) is 27.4. The predicted octanol–water partition coefficient (Wildman–Crippen LogP) is 2.62. The van der Waals surface area contributed by atoms with Crippen molar-refractivity contribution in [1.82, 2.24) is 15.1 Å². The summed E-state index contributed by atoms with van der Waals surface area (Å²) in [5.74, 6) is 1.52. The zero-order valence-electron chi connectivity index (χ0n) is 21.3. The minimum atomic E-state index is -0.525. The average Bonchev–Trinajstić information content (AvgIpc) is 3.31. The molecule has 3 rings (SSSR count). The first-order valence-electron chi connectivity index (χ1n) is 12.4. The van der Waals surface area contributed by atoms with Crippen LogP contribution in [0.15, 0.2) is 12.1 Å². The fourth-order valence-electron chi connectivity index (χ4n) is 4.46. The second-order valence-corrected chi connectivity index (χ2v) is 9.88. The third-order valence-electron chi connectivity index (χ3n) is 6.43. The number of ether oxygens (including phenoxy) is 4. The van der Waals surface area contributed by atoms with Gasteiger partial charge in [-0.25, -0.2) is 0 Å². The highest BCUT2D eigenvalue weighted by atomic mass is 32.2. The van der Waals surface area contributed by atoms with Crippen molar-refractivity contribution in [2.24, 2.45) is 0 Å². The second-order valence-electron chi connectivity index (χ2n) is 8.67. The topological polar surface area (TPSA) is 89.6 Å². The van der Waals surface area contributed by atoms with E-state index in [-0.39, 0.29) is 17.2 Å². The number of thioether (sulfide) groups is 1. The molecule has 0 aromatic heterocycles. The van der Waals surface area contributed by atoms with Crippen LogP contribution in [0.3, 0.4) is 0 Å². The van der Waals surface area contributed by atoms with E-state index in [2.05, 4.69) is 17.1 Å². The standard InChI is InChI=1S/C25H39N3O6S/c1-5-6-7-8-22-28(25(30)18-15-20(31-2)23(33-4)21(16-18)32-3)19(17-35-22)24(29)26-9-10-27-11-13-34-14-12-27/h15-16,19,22H,5-14,17H2,1-4H3,(H,26,29). The lowest BCUT2D eigenvalue weighted by Crippen LogP contribution is -2.51. The van der Waals surface area contributed by atoms with Crippen molar-refractivity contribution in [3.63, 3.8) is 0 Å². The molecule has 196 valence electrons. The van der Waals surface area contributed by atoms with Gasteiger partial charge < -0.3 is 29.2 Å². The summed E-state index contributed by atoms with van der Waals surface area (Å²) in [6, 6.07) is 2.79. The summed E-state index contributed by atoms with van der Waals surface area (Å²) >= 11 is 1.68. The number of carbonyl (C=O) groups excluding carboxylic acids is 2. The molecule has 2 atom stereocenters. The minimum absolute atomic E-state index is 0.0527. The molecule has 2 aliphatic rings. The molecule has 9 nitrogen and oxygen atoms in total. The summed E-state index contributed by atoms with van der Waals surface area (Å²) in [7, 11) is 4.57. The van der Waals surface area contributed by atoms with Crippen LogP contribution in [0.25, 0.3) is 0 Å². The molecule has 1 N–H and O–H groups in total. The van der Waals surface area contributed by atoms with Crippen LogP contribution in [0.2, 0.25) is 0 Å². The zero-order valence-corrected chi connectivity index (χ0v) is 22.2. The van der Waals surface area contributed by atoms with Crippen LogP contribution in [0.5, 0.6) is 17.2 Å². The number of unbranched alkanes of at least 4 members (excludes halogenated alkanes) is 2. The lowest BCUT2D eigenvalue weighted by Gasteiger charge is -2.30. The Morgan fingerprint density at radius 2 is 1.77 bits per heavy atom. The van der Waals surface area contributed by atoms with E-state index < -0.39 is 6.04 Å². The molecule has 2 amide bonds. The molecule has 0 spiro atoms. The van der Waals surface area contributed by atoms with Gasteiger partial charge in [0.15, 0.2) is 11.5 Å². The van der Waals surface area contributed by atoms with Crippen LogP contribution >= 0.6 is 11.8 Å². The molecule has 0 bridgehead atoms. The Balaban J connectivity index is 1.77. The number of nitrogens with one attached hydrogen (secondary N) is 1. The number of carbonyl (C=O) groups is 2. The van der Waals surface area contributed by atoms with E-state index in [0.717, 1.165) is 58.5 Å². The summed E-state index contributed by atoms with van der Waals surface area (Å²) in [5.41, 5.74) is 0.411. The first-order chi connectivity index (χ1) is 17.0. The Morgan fingerprint density at radius 1 is 1.09 bits per heavy atom. The highest BCUT2D eigenvalue weighted by Gasteiger charge is 2.41. The van der Waals surface area contributed by atoms with Crippen molar-refractivity contribution in [2.45, 2.75) is 44.0 Å². The normalized spacial score (nSPS) is 20.5. The number of methoxy groups -OCH3 is 3. The minimum Gasteiger partial charge on any atom is -0.493 e. The van der Waals surface area contributed by atoms with E-state index in [9.17, 15) is 9.59 Å². The summed E-state index contributed by atoms with van der Waals surface area (Å²) in [5, 5.41) is 3.01. The van der Waals surface area contributed by atoms with E-state index in [0.29, 0.717) is 35.1 Å². The van der Waals surface area contributed by atoms with Gasteiger partial charge in [-0.3, -0.25) is 14.5 Å². The highest BCUT2D eigenvalue weighted by molar-refractivity contribution is 8.00. The lowest BCUT2D eigenvalue weighted by atomic mass is 10.1. The van der Waals surface area contributed by atoms with Gasteiger partial charge in [0.25, 0.3) is 5.91 Å². The molecular formula is C25H39N3O6S. The van der Waals surface area contributed by atoms with Crippen molar-refractivity contribution in [3.8, 4) is 17.2 Å². The predicted molar refractivity (Wildman–Crippen MR) is 137 cm³/mol. The molecule has 2 aliphatic heterocycles. The Morgan fingerprint density at radius 3 is 2.37 bits per heavy atom. The average molecular weight is 510 g/mol. The highest BCUT2D eigenvalue weighted by Crippen LogP contribution is 2.40. The van der Waals surface area contributed by atoms with Crippen LogP contribution in [0.1, 0.15) is 43.0 Å². The third kappa shape index (κ3) is 6.95. The Hall–Kier alpha value is -2.17. The molecule has 35 heavy (non-hydrogen) atoms. The quantitative estimate of drug-likeness (QED) is 0.430. The van der Waals surface area contributed by atoms with Crippen molar-refractivity contribution >= 4 is 23.6 Å². The summed E-state index contributed by atoms with van der Waals surface area (Å²) in [4.78, 5) is 31.1. The monoisotopic (exact) mass is 509 g/mol. The number of hydrogen-bond donors (Lipinski definition) is 1. The third-order valence-corrected chi connectivity index (χ3v) is 7.78. The number of amides is 2. The van der Waals surface area contributed by atoms with Gasteiger partial charge in [0.05, 0.1) is 39.9 Å². The number of nitrogens with zero attached hydrogens (tertiary/aromatic N) is 2. The van der Waals surface area contributed by atoms with Crippen LogP contribution in [0, 0.1) is 0 Å². The fraction of sp³-hybridized carbons (Fsp3) is 0.680. The van der Waals surface area contributed by atoms with E-state index in [1.807, 2.05) is 0 Å². The van der Waals surface area contributed by atoms with Gasteiger partial charge in [-0.05, 0) is 18.6 Å². The number of hydrogen-bond acceptors (Lipinski definition) is 8. The summed E-state index contributed by atoms with van der Waals surface area (Å²) < 4.78 is 21.7. The lowest BCUT2D eigenvalue weighted by molar-refractivity contribution is -0.124.